The number of nitrogens with one attached hydrogen (secondary N) is 2. The standard InChI is InChI=1S/C21H23ClFN5O2S/c22-14-3-6-17(16(23)10-14)25-19(29)12-31-20-8-7-18(26-27-20)28-9-1-2-13(11-28)21(30)24-15-4-5-15/h3,6-8,10,13,15H,1-2,4-5,9,11-12H2,(H,24,30)(H,25,29)/t13-/m0/s1. The molecule has 2 N–H and O–H groups in total. The molecule has 2 aliphatic rings. The molecule has 0 unspecified atom stereocenters. The minimum atomic E-state index is -0.583. The van der Waals surface area contributed by atoms with E-state index in [0.717, 1.165) is 44.1 Å². The number of halogens is 2. The third kappa shape index (κ3) is 6.07. The van der Waals surface area contributed by atoms with E-state index in [0.29, 0.717) is 17.6 Å². The number of hydrogen-bond acceptors (Lipinski definition) is 6. The van der Waals surface area contributed by atoms with E-state index in [2.05, 4.69) is 25.7 Å². The lowest BCUT2D eigenvalue weighted by Gasteiger charge is -2.32. The molecule has 1 aliphatic carbocycles. The van der Waals surface area contributed by atoms with Gasteiger partial charge < -0.3 is 15.5 Å². The van der Waals surface area contributed by atoms with Crippen molar-refractivity contribution in [3.05, 3.63) is 41.2 Å². The van der Waals surface area contributed by atoms with E-state index in [9.17, 15) is 14.0 Å². The third-order valence-electron chi connectivity index (χ3n) is 5.22. The van der Waals surface area contributed by atoms with Crippen molar-refractivity contribution < 1.29 is 14.0 Å². The van der Waals surface area contributed by atoms with Gasteiger partial charge in [-0.25, -0.2) is 4.39 Å². The molecular weight excluding hydrogens is 441 g/mol. The molecule has 1 saturated heterocycles. The summed E-state index contributed by atoms with van der Waals surface area (Å²) < 4.78 is 13.8. The van der Waals surface area contributed by atoms with Gasteiger partial charge in [-0.05, 0) is 56.0 Å². The van der Waals surface area contributed by atoms with E-state index < -0.39 is 5.82 Å². The van der Waals surface area contributed by atoms with Crippen molar-refractivity contribution in [3.63, 3.8) is 0 Å². The molecule has 1 aliphatic heterocycles. The smallest absolute Gasteiger partial charge is 0.234 e. The number of piperidine rings is 1. The molecule has 0 radical (unpaired) electrons. The summed E-state index contributed by atoms with van der Waals surface area (Å²) in [5.74, 6) is -0.0275. The molecule has 2 fully saturated rings. The van der Waals surface area contributed by atoms with Gasteiger partial charge in [0, 0.05) is 24.2 Å². The number of anilines is 2. The molecule has 1 aromatic carbocycles. The molecule has 1 aromatic heterocycles. The zero-order valence-corrected chi connectivity index (χ0v) is 18.4. The van der Waals surface area contributed by atoms with E-state index >= 15 is 0 Å². The van der Waals surface area contributed by atoms with Crippen LogP contribution in [0.5, 0.6) is 0 Å². The number of hydrogen-bond donors (Lipinski definition) is 2. The van der Waals surface area contributed by atoms with Crippen molar-refractivity contribution in [1.82, 2.24) is 15.5 Å². The summed E-state index contributed by atoms with van der Waals surface area (Å²) in [7, 11) is 0. The molecule has 2 aromatic rings. The Morgan fingerprint density at radius 3 is 2.74 bits per heavy atom. The highest BCUT2D eigenvalue weighted by Gasteiger charge is 2.30. The number of benzene rings is 1. The molecule has 164 valence electrons. The largest absolute Gasteiger partial charge is 0.354 e. The van der Waals surface area contributed by atoms with Crippen molar-refractivity contribution in [2.24, 2.45) is 5.92 Å². The summed E-state index contributed by atoms with van der Waals surface area (Å²) in [6, 6.07) is 8.11. The molecule has 0 spiro atoms. The summed E-state index contributed by atoms with van der Waals surface area (Å²) >= 11 is 6.93. The van der Waals surface area contributed by atoms with Gasteiger partial charge in [-0.3, -0.25) is 9.59 Å². The fraction of sp³-hybridized carbons (Fsp3) is 0.429. The van der Waals surface area contributed by atoms with E-state index in [1.165, 1.54) is 23.9 Å². The second-order valence-electron chi connectivity index (χ2n) is 7.76. The Morgan fingerprint density at radius 2 is 2.03 bits per heavy atom. The summed E-state index contributed by atoms with van der Waals surface area (Å²) in [6.07, 6.45) is 3.99. The van der Waals surface area contributed by atoms with Crippen LogP contribution in [0.25, 0.3) is 0 Å². The third-order valence-corrected chi connectivity index (χ3v) is 6.38. The Balaban J connectivity index is 1.27. The van der Waals surface area contributed by atoms with Crippen LogP contribution in [-0.4, -0.2) is 46.9 Å². The van der Waals surface area contributed by atoms with Crippen LogP contribution in [-0.2, 0) is 9.59 Å². The highest BCUT2D eigenvalue weighted by molar-refractivity contribution is 7.99. The van der Waals surface area contributed by atoms with Gasteiger partial charge in [-0.2, -0.15) is 0 Å². The molecule has 1 atom stereocenters. The lowest BCUT2D eigenvalue weighted by atomic mass is 9.97. The number of aromatic nitrogens is 2. The van der Waals surface area contributed by atoms with Crippen molar-refractivity contribution in [3.8, 4) is 0 Å². The summed E-state index contributed by atoms with van der Waals surface area (Å²) in [4.78, 5) is 26.5. The molecule has 2 heterocycles. The SMILES string of the molecule is O=C(CSc1ccc(N2CCC[C@H](C(=O)NC3CC3)C2)nn1)Nc1ccc(Cl)cc1F. The van der Waals surface area contributed by atoms with Gasteiger partial charge in [0.05, 0.1) is 17.4 Å². The van der Waals surface area contributed by atoms with E-state index in [1.807, 2.05) is 6.07 Å². The second kappa shape index (κ2) is 9.82. The van der Waals surface area contributed by atoms with Gasteiger partial charge in [0.15, 0.2) is 5.82 Å². The summed E-state index contributed by atoms with van der Waals surface area (Å²) in [6.45, 7) is 1.47. The Kier molecular flexibility index (Phi) is 6.92. The van der Waals surface area contributed by atoms with Gasteiger partial charge in [0.1, 0.15) is 10.8 Å². The summed E-state index contributed by atoms with van der Waals surface area (Å²) in [5.41, 5.74) is 0.0850. The molecule has 31 heavy (non-hydrogen) atoms. The quantitative estimate of drug-likeness (QED) is 0.611. The minimum absolute atomic E-state index is 0.0258. The summed E-state index contributed by atoms with van der Waals surface area (Å²) in [5, 5.41) is 14.9. The van der Waals surface area contributed by atoms with Crippen LogP contribution in [0.15, 0.2) is 35.4 Å². The maximum atomic E-state index is 13.8. The average Bonchev–Trinajstić information content (AvgIpc) is 3.59. The maximum Gasteiger partial charge on any atom is 0.234 e. The average molecular weight is 464 g/mol. The number of carbonyl (C=O) groups is 2. The Bertz CT molecular complexity index is 957. The fourth-order valence-electron chi connectivity index (χ4n) is 3.42. The maximum absolute atomic E-state index is 13.8. The van der Waals surface area contributed by atoms with Crippen LogP contribution in [0.1, 0.15) is 25.7 Å². The number of rotatable bonds is 7. The molecule has 10 heteroatoms. The van der Waals surface area contributed by atoms with Gasteiger partial charge >= 0.3 is 0 Å². The first-order valence-electron chi connectivity index (χ1n) is 10.2. The second-order valence-corrected chi connectivity index (χ2v) is 9.19. The van der Waals surface area contributed by atoms with Crippen molar-refractivity contribution in [2.75, 3.05) is 29.1 Å². The van der Waals surface area contributed by atoms with Crippen LogP contribution in [0.4, 0.5) is 15.9 Å². The fourth-order valence-corrected chi connectivity index (χ4v) is 4.19. The lowest BCUT2D eigenvalue weighted by molar-refractivity contribution is -0.125. The van der Waals surface area contributed by atoms with Crippen LogP contribution < -0.4 is 15.5 Å². The first kappa shape index (κ1) is 21.8. The highest BCUT2D eigenvalue weighted by Crippen LogP contribution is 2.25. The first-order valence-corrected chi connectivity index (χ1v) is 11.6. The minimum Gasteiger partial charge on any atom is -0.354 e. The highest BCUT2D eigenvalue weighted by atomic mass is 35.5. The van der Waals surface area contributed by atoms with Crippen molar-refractivity contribution >= 4 is 46.7 Å². The van der Waals surface area contributed by atoms with E-state index in [1.54, 1.807) is 6.07 Å². The number of carbonyl (C=O) groups excluding carboxylic acids is 2. The normalized spacial score (nSPS) is 18.5. The predicted octanol–water partition coefficient (Wildman–Crippen LogP) is 3.49. The van der Waals surface area contributed by atoms with Gasteiger partial charge in [-0.1, -0.05) is 23.4 Å². The van der Waals surface area contributed by atoms with Crippen LogP contribution in [0, 0.1) is 11.7 Å². The zero-order chi connectivity index (χ0) is 21.8. The van der Waals surface area contributed by atoms with E-state index in [-0.39, 0.29) is 34.2 Å². The molecule has 4 rings (SSSR count). The van der Waals surface area contributed by atoms with Crippen molar-refractivity contribution in [2.45, 2.75) is 36.8 Å². The Morgan fingerprint density at radius 1 is 1.19 bits per heavy atom. The number of amides is 2. The van der Waals surface area contributed by atoms with Crippen LogP contribution in [0.2, 0.25) is 5.02 Å². The zero-order valence-electron chi connectivity index (χ0n) is 16.8. The van der Waals surface area contributed by atoms with Gasteiger partial charge in [-0.15, -0.1) is 10.2 Å². The number of nitrogens with zero attached hydrogens (tertiary/aromatic N) is 3. The molecule has 2 amide bonds. The molecule has 7 nitrogen and oxygen atoms in total. The lowest BCUT2D eigenvalue weighted by Crippen LogP contribution is -2.44. The predicted molar refractivity (Wildman–Crippen MR) is 119 cm³/mol. The monoisotopic (exact) mass is 463 g/mol. The van der Waals surface area contributed by atoms with Crippen LogP contribution >= 0.6 is 23.4 Å². The Hall–Kier alpha value is -2.39. The molecular formula is C21H23ClFN5O2S. The van der Waals surface area contributed by atoms with E-state index in [4.69, 9.17) is 11.6 Å². The first-order chi connectivity index (χ1) is 15.0. The number of thioether (sulfide) groups is 1. The Labute approximate surface area is 189 Å². The van der Waals surface area contributed by atoms with Gasteiger partial charge in [0.25, 0.3) is 0 Å². The van der Waals surface area contributed by atoms with Crippen LogP contribution in [0.3, 0.4) is 0 Å². The molecule has 1 saturated carbocycles. The topological polar surface area (TPSA) is 87.2 Å². The van der Waals surface area contributed by atoms with Gasteiger partial charge in [0.2, 0.25) is 11.8 Å². The molecule has 0 bridgehead atoms. The van der Waals surface area contributed by atoms with Crippen molar-refractivity contribution in [1.29, 1.82) is 0 Å².